The molecule has 3 heterocycles. The normalized spacial score (nSPS) is 12.2. The van der Waals surface area contributed by atoms with Gasteiger partial charge in [0.15, 0.2) is 0 Å². The van der Waals surface area contributed by atoms with Gasteiger partial charge in [-0.15, -0.1) is 16.4 Å². The number of aromatic nitrogens is 4. The Morgan fingerprint density at radius 2 is 2.07 bits per heavy atom. The molecule has 6 nitrogen and oxygen atoms in total. The predicted octanol–water partition coefficient (Wildman–Crippen LogP) is 4.63. The van der Waals surface area contributed by atoms with E-state index in [4.69, 9.17) is 4.74 Å². The van der Waals surface area contributed by atoms with E-state index in [1.807, 2.05) is 6.92 Å². The number of alkyl halides is 3. The summed E-state index contributed by atoms with van der Waals surface area (Å²) in [6, 6.07) is 4.39. The third-order valence-corrected chi connectivity index (χ3v) is 6.46. The lowest BCUT2D eigenvalue weighted by atomic mass is 10.1. The predicted molar refractivity (Wildman–Crippen MR) is 106 cm³/mol. The number of rotatable bonds is 3. The van der Waals surface area contributed by atoms with Crippen LogP contribution in [0.15, 0.2) is 33.5 Å². The van der Waals surface area contributed by atoms with E-state index in [1.165, 1.54) is 12.1 Å². The van der Waals surface area contributed by atoms with Gasteiger partial charge >= 0.3 is 6.18 Å². The first kappa shape index (κ1) is 19.9. The number of ether oxygens (including phenoxy) is 1. The quantitative estimate of drug-likeness (QED) is 0.424. The van der Waals surface area contributed by atoms with Crippen molar-refractivity contribution in [3.8, 4) is 5.69 Å². The second-order valence-corrected chi connectivity index (χ2v) is 8.03. The number of hydrogen-bond acceptors (Lipinski definition) is 6. The van der Waals surface area contributed by atoms with Crippen LogP contribution in [0.2, 0.25) is 0 Å². The summed E-state index contributed by atoms with van der Waals surface area (Å²) < 4.78 is 46.2. The van der Waals surface area contributed by atoms with Crippen molar-refractivity contribution < 1.29 is 17.9 Å². The summed E-state index contributed by atoms with van der Waals surface area (Å²) in [5.74, 6) is 0. The molecule has 0 aliphatic heterocycles. The minimum Gasteiger partial charge on any atom is -0.380 e. The summed E-state index contributed by atoms with van der Waals surface area (Å²) in [6.07, 6.45) is -4.53. The van der Waals surface area contributed by atoms with Gasteiger partial charge in [-0.2, -0.15) is 17.9 Å². The molecule has 0 N–H and O–H groups in total. The van der Waals surface area contributed by atoms with Gasteiger partial charge in [-0.3, -0.25) is 4.79 Å². The molecule has 0 amide bonds. The lowest BCUT2D eigenvalue weighted by Gasteiger charge is -2.09. The summed E-state index contributed by atoms with van der Waals surface area (Å²) in [7, 11) is 1.55. The minimum absolute atomic E-state index is 0.0147. The van der Waals surface area contributed by atoms with Crippen molar-refractivity contribution >= 4 is 47.7 Å². The van der Waals surface area contributed by atoms with E-state index >= 15 is 0 Å². The van der Waals surface area contributed by atoms with Gasteiger partial charge in [0.2, 0.25) is 0 Å². The van der Waals surface area contributed by atoms with Crippen LogP contribution in [0.3, 0.4) is 0 Å². The Bertz CT molecular complexity index is 1320. The highest BCUT2D eigenvalue weighted by Crippen LogP contribution is 2.37. The van der Waals surface area contributed by atoms with Gasteiger partial charge in [0.1, 0.15) is 15.0 Å². The lowest BCUT2D eigenvalue weighted by molar-refractivity contribution is -0.137. The Morgan fingerprint density at radius 3 is 2.76 bits per heavy atom. The zero-order chi connectivity index (χ0) is 20.9. The topological polar surface area (TPSA) is 69.9 Å². The maximum Gasteiger partial charge on any atom is 0.416 e. The second-order valence-electron chi connectivity index (χ2n) is 6.24. The van der Waals surface area contributed by atoms with E-state index in [2.05, 4.69) is 31.2 Å². The van der Waals surface area contributed by atoms with Gasteiger partial charge in [0, 0.05) is 22.5 Å². The second kappa shape index (κ2) is 7.15. The molecule has 3 aromatic heterocycles. The standard InChI is InChI=1S/C18H12BrF3N4O2S/c1-8-13(19)11(7-28-2)12-14-15(29-16(12)23-8)17(27)26(25-24-14)10-5-3-4-9(6-10)18(20,21)22/h3-6H,7H2,1-2H3. The molecule has 4 aromatic rings. The van der Waals surface area contributed by atoms with Crippen LogP contribution in [-0.2, 0) is 17.5 Å². The van der Waals surface area contributed by atoms with Gasteiger partial charge in [0.25, 0.3) is 5.56 Å². The highest BCUT2D eigenvalue weighted by Gasteiger charge is 2.31. The molecule has 0 radical (unpaired) electrons. The van der Waals surface area contributed by atoms with Crippen molar-refractivity contribution in [2.24, 2.45) is 0 Å². The summed E-state index contributed by atoms with van der Waals surface area (Å²) in [4.78, 5) is 18.1. The average molecular weight is 485 g/mol. The molecular formula is C18H12BrF3N4O2S. The molecule has 0 unspecified atom stereocenters. The summed E-state index contributed by atoms with van der Waals surface area (Å²) in [5, 5.41) is 8.67. The molecule has 150 valence electrons. The Labute approximate surface area is 174 Å². The van der Waals surface area contributed by atoms with Crippen LogP contribution in [0.4, 0.5) is 13.2 Å². The molecular weight excluding hydrogens is 473 g/mol. The van der Waals surface area contributed by atoms with E-state index < -0.39 is 17.3 Å². The van der Waals surface area contributed by atoms with Crippen LogP contribution in [0, 0.1) is 6.92 Å². The number of benzene rings is 1. The fraction of sp³-hybridized carbons (Fsp3) is 0.222. The molecule has 0 atom stereocenters. The monoisotopic (exact) mass is 484 g/mol. The number of hydrogen-bond donors (Lipinski definition) is 0. The summed E-state index contributed by atoms with van der Waals surface area (Å²) in [6.45, 7) is 2.09. The van der Waals surface area contributed by atoms with Crippen LogP contribution < -0.4 is 5.56 Å². The highest BCUT2D eigenvalue weighted by atomic mass is 79.9. The Morgan fingerprint density at radius 1 is 1.31 bits per heavy atom. The molecule has 0 saturated carbocycles. The van der Waals surface area contributed by atoms with E-state index in [0.717, 1.165) is 43.9 Å². The van der Waals surface area contributed by atoms with Crippen LogP contribution in [0.5, 0.6) is 0 Å². The third kappa shape index (κ3) is 3.32. The molecule has 29 heavy (non-hydrogen) atoms. The van der Waals surface area contributed by atoms with Gasteiger partial charge < -0.3 is 4.74 Å². The smallest absolute Gasteiger partial charge is 0.380 e. The fourth-order valence-electron chi connectivity index (χ4n) is 3.02. The third-order valence-electron chi connectivity index (χ3n) is 4.35. The molecule has 0 bridgehead atoms. The van der Waals surface area contributed by atoms with Crippen molar-refractivity contribution in [3.05, 3.63) is 55.9 Å². The van der Waals surface area contributed by atoms with E-state index in [0.29, 0.717) is 15.7 Å². The highest BCUT2D eigenvalue weighted by molar-refractivity contribution is 9.10. The Hall–Kier alpha value is -2.37. The van der Waals surface area contributed by atoms with E-state index in [1.54, 1.807) is 7.11 Å². The molecule has 0 fully saturated rings. The van der Waals surface area contributed by atoms with Crippen molar-refractivity contribution in [2.45, 2.75) is 19.7 Å². The Balaban J connectivity index is 2.00. The summed E-state index contributed by atoms with van der Waals surface area (Å²) in [5.41, 5.74) is 0.407. The van der Waals surface area contributed by atoms with Crippen molar-refractivity contribution in [2.75, 3.05) is 7.11 Å². The molecule has 0 spiro atoms. The van der Waals surface area contributed by atoms with Gasteiger partial charge in [-0.1, -0.05) is 11.3 Å². The van der Waals surface area contributed by atoms with Gasteiger partial charge in [0.05, 0.1) is 23.6 Å². The molecule has 1 aromatic carbocycles. The summed E-state index contributed by atoms with van der Waals surface area (Å²) >= 11 is 4.62. The largest absolute Gasteiger partial charge is 0.416 e. The van der Waals surface area contributed by atoms with Gasteiger partial charge in [-0.05, 0) is 41.1 Å². The lowest BCUT2D eigenvalue weighted by Crippen LogP contribution is -2.22. The molecule has 0 aliphatic carbocycles. The molecule has 0 aliphatic rings. The molecule has 0 saturated heterocycles. The minimum atomic E-state index is -4.53. The van der Waals surface area contributed by atoms with Crippen LogP contribution in [0.25, 0.3) is 26.1 Å². The number of thiophene rings is 1. The molecule has 4 rings (SSSR count). The fourth-order valence-corrected chi connectivity index (χ4v) is 4.53. The van der Waals surface area contributed by atoms with Crippen molar-refractivity contribution in [1.29, 1.82) is 0 Å². The van der Waals surface area contributed by atoms with Gasteiger partial charge in [-0.25, -0.2) is 4.98 Å². The zero-order valence-corrected chi connectivity index (χ0v) is 17.4. The van der Waals surface area contributed by atoms with Crippen molar-refractivity contribution in [1.82, 2.24) is 20.0 Å². The maximum atomic E-state index is 13.0. The van der Waals surface area contributed by atoms with Crippen LogP contribution in [-0.4, -0.2) is 27.1 Å². The molecule has 11 heteroatoms. The van der Waals surface area contributed by atoms with E-state index in [9.17, 15) is 18.0 Å². The number of fused-ring (bicyclic) bond motifs is 3. The average Bonchev–Trinajstić information content (AvgIpc) is 3.04. The SMILES string of the molecule is COCc1c(Br)c(C)nc2sc3c(=O)n(-c4cccc(C(F)(F)F)c4)nnc3c12. The van der Waals surface area contributed by atoms with Crippen LogP contribution >= 0.6 is 27.3 Å². The number of halogens is 4. The van der Waals surface area contributed by atoms with Crippen molar-refractivity contribution in [3.63, 3.8) is 0 Å². The number of nitrogens with zero attached hydrogens (tertiary/aromatic N) is 4. The Kier molecular flexibility index (Phi) is 4.91. The number of aryl methyl sites for hydroxylation is 1. The van der Waals surface area contributed by atoms with E-state index in [-0.39, 0.29) is 17.0 Å². The zero-order valence-electron chi connectivity index (χ0n) is 15.0. The first-order valence-electron chi connectivity index (χ1n) is 8.26. The number of pyridine rings is 1. The first-order valence-corrected chi connectivity index (χ1v) is 9.87. The number of methoxy groups -OCH3 is 1. The first-order chi connectivity index (χ1) is 13.7. The van der Waals surface area contributed by atoms with Crippen LogP contribution in [0.1, 0.15) is 16.8 Å². The maximum absolute atomic E-state index is 13.0.